The van der Waals surface area contributed by atoms with Gasteiger partial charge in [0.25, 0.3) is 0 Å². The Morgan fingerprint density at radius 1 is 1.21 bits per heavy atom. The lowest BCUT2D eigenvalue weighted by Gasteiger charge is -2.21. The van der Waals surface area contributed by atoms with Gasteiger partial charge in [0.15, 0.2) is 0 Å². The van der Waals surface area contributed by atoms with Crippen LogP contribution in [0.2, 0.25) is 0 Å². The third-order valence-corrected chi connectivity index (χ3v) is 4.93. The van der Waals surface area contributed by atoms with E-state index < -0.39 is 0 Å². The number of rotatable bonds is 3. The van der Waals surface area contributed by atoms with E-state index >= 15 is 0 Å². The van der Waals surface area contributed by atoms with Gasteiger partial charge in [0.05, 0.1) is 11.4 Å². The minimum absolute atomic E-state index is 0.0291. The zero-order valence-electron chi connectivity index (χ0n) is 12.3. The van der Waals surface area contributed by atoms with E-state index in [1.165, 1.54) is 32.1 Å². The van der Waals surface area contributed by atoms with Gasteiger partial charge >= 0.3 is 0 Å². The summed E-state index contributed by atoms with van der Waals surface area (Å²) in [7, 11) is 0. The number of nitrogens with zero attached hydrogens (tertiary/aromatic N) is 2. The van der Waals surface area contributed by atoms with Gasteiger partial charge in [-0.1, -0.05) is 40.0 Å². The molecule has 1 fully saturated rings. The number of hydrogen-bond acceptors (Lipinski definition) is 4. The summed E-state index contributed by atoms with van der Waals surface area (Å²) in [4.78, 5) is 9.05. The Kier molecular flexibility index (Phi) is 4.71. The molecule has 106 valence electrons. The van der Waals surface area contributed by atoms with Crippen molar-refractivity contribution in [3.63, 3.8) is 0 Å². The van der Waals surface area contributed by atoms with Crippen LogP contribution in [0.4, 0.5) is 5.82 Å². The van der Waals surface area contributed by atoms with Crippen molar-refractivity contribution in [1.29, 1.82) is 0 Å². The molecule has 0 unspecified atom stereocenters. The molecular weight excluding hydrogens is 254 g/mol. The molecule has 1 aliphatic rings. The van der Waals surface area contributed by atoms with Crippen molar-refractivity contribution in [2.75, 3.05) is 5.73 Å². The van der Waals surface area contributed by atoms with Crippen LogP contribution in [0.5, 0.6) is 0 Å². The summed E-state index contributed by atoms with van der Waals surface area (Å²) in [5.74, 6) is 2.37. The number of aromatic nitrogens is 2. The molecule has 19 heavy (non-hydrogen) atoms. The van der Waals surface area contributed by atoms with Gasteiger partial charge in [0, 0.05) is 16.7 Å². The standard InChI is InChI=1S/C15H25N3S/c1-15(2,3)12-9-13(16)18-14(17-12)10-19-11-7-5-4-6-8-11/h9,11H,4-8,10H2,1-3H3,(H2,16,17,18). The topological polar surface area (TPSA) is 51.8 Å². The third-order valence-electron chi connectivity index (χ3n) is 3.56. The fourth-order valence-electron chi connectivity index (χ4n) is 2.39. The predicted octanol–water partition coefficient (Wildman–Crippen LogP) is 3.92. The molecule has 0 aromatic carbocycles. The first-order valence-corrected chi connectivity index (χ1v) is 8.25. The van der Waals surface area contributed by atoms with Crippen molar-refractivity contribution in [3.8, 4) is 0 Å². The summed E-state index contributed by atoms with van der Waals surface area (Å²) in [5.41, 5.74) is 6.97. The highest BCUT2D eigenvalue weighted by atomic mass is 32.2. The summed E-state index contributed by atoms with van der Waals surface area (Å²) < 4.78 is 0. The molecule has 1 aromatic rings. The van der Waals surface area contributed by atoms with Crippen molar-refractivity contribution in [2.45, 2.75) is 69.3 Å². The average Bonchev–Trinajstić information content (AvgIpc) is 2.36. The normalized spacial score (nSPS) is 17.6. The minimum atomic E-state index is 0.0291. The van der Waals surface area contributed by atoms with Crippen LogP contribution in [0.25, 0.3) is 0 Å². The van der Waals surface area contributed by atoms with Crippen LogP contribution in [0.15, 0.2) is 6.07 Å². The summed E-state index contributed by atoms with van der Waals surface area (Å²) in [6.45, 7) is 6.48. The lowest BCUT2D eigenvalue weighted by Crippen LogP contribution is -2.16. The molecule has 1 saturated carbocycles. The largest absolute Gasteiger partial charge is 0.384 e. The van der Waals surface area contributed by atoms with Crippen LogP contribution in [0.3, 0.4) is 0 Å². The molecule has 0 amide bonds. The molecule has 2 N–H and O–H groups in total. The molecule has 0 spiro atoms. The smallest absolute Gasteiger partial charge is 0.140 e. The summed E-state index contributed by atoms with van der Waals surface area (Å²) in [6, 6.07) is 1.90. The molecule has 0 bridgehead atoms. The highest BCUT2D eigenvalue weighted by Gasteiger charge is 2.19. The molecule has 1 aromatic heterocycles. The number of thioether (sulfide) groups is 1. The van der Waals surface area contributed by atoms with Crippen molar-refractivity contribution < 1.29 is 0 Å². The van der Waals surface area contributed by atoms with Crippen molar-refractivity contribution >= 4 is 17.6 Å². The molecule has 2 rings (SSSR count). The van der Waals surface area contributed by atoms with Crippen LogP contribution < -0.4 is 5.73 Å². The first-order valence-electron chi connectivity index (χ1n) is 7.20. The lowest BCUT2D eigenvalue weighted by molar-refractivity contribution is 0.515. The molecule has 4 heteroatoms. The predicted molar refractivity (Wildman–Crippen MR) is 83.3 cm³/mol. The highest BCUT2D eigenvalue weighted by Crippen LogP contribution is 2.30. The lowest BCUT2D eigenvalue weighted by atomic mass is 9.92. The Labute approximate surface area is 120 Å². The van der Waals surface area contributed by atoms with E-state index in [0.717, 1.165) is 22.5 Å². The van der Waals surface area contributed by atoms with Crippen LogP contribution in [-0.4, -0.2) is 15.2 Å². The van der Waals surface area contributed by atoms with Gasteiger partial charge in [-0.3, -0.25) is 0 Å². The van der Waals surface area contributed by atoms with E-state index in [2.05, 4.69) is 30.7 Å². The average molecular weight is 279 g/mol. The van der Waals surface area contributed by atoms with Crippen molar-refractivity contribution in [3.05, 3.63) is 17.6 Å². The number of nitrogens with two attached hydrogens (primary N) is 1. The third kappa shape index (κ3) is 4.37. The van der Waals surface area contributed by atoms with E-state index in [9.17, 15) is 0 Å². The van der Waals surface area contributed by atoms with E-state index in [4.69, 9.17) is 5.73 Å². The van der Waals surface area contributed by atoms with E-state index in [0.29, 0.717) is 5.82 Å². The molecule has 1 heterocycles. The summed E-state index contributed by atoms with van der Waals surface area (Å²) >= 11 is 2.00. The maximum absolute atomic E-state index is 5.90. The van der Waals surface area contributed by atoms with E-state index in [-0.39, 0.29) is 5.41 Å². The van der Waals surface area contributed by atoms with Gasteiger partial charge < -0.3 is 5.73 Å². The maximum Gasteiger partial charge on any atom is 0.140 e. The van der Waals surface area contributed by atoms with Crippen LogP contribution in [0.1, 0.15) is 64.4 Å². The van der Waals surface area contributed by atoms with E-state index in [1.807, 2.05) is 17.8 Å². The number of anilines is 1. The monoisotopic (exact) mass is 279 g/mol. The van der Waals surface area contributed by atoms with Gasteiger partial charge in [0.1, 0.15) is 11.6 Å². The van der Waals surface area contributed by atoms with Gasteiger partial charge in [-0.25, -0.2) is 9.97 Å². The molecule has 0 atom stereocenters. The molecular formula is C15H25N3S. The Morgan fingerprint density at radius 2 is 1.89 bits per heavy atom. The Bertz CT molecular complexity index is 420. The van der Waals surface area contributed by atoms with Crippen molar-refractivity contribution in [2.24, 2.45) is 0 Å². The Hall–Kier alpha value is -0.770. The summed E-state index contributed by atoms with van der Waals surface area (Å²) in [5, 5.41) is 0.789. The second kappa shape index (κ2) is 6.12. The summed E-state index contributed by atoms with van der Waals surface area (Å²) in [6.07, 6.45) is 6.85. The van der Waals surface area contributed by atoms with Crippen LogP contribution >= 0.6 is 11.8 Å². The SMILES string of the molecule is CC(C)(C)c1cc(N)nc(CSC2CCCCC2)n1. The zero-order valence-corrected chi connectivity index (χ0v) is 13.1. The number of hydrogen-bond donors (Lipinski definition) is 1. The van der Waals surface area contributed by atoms with Crippen LogP contribution in [-0.2, 0) is 11.2 Å². The minimum Gasteiger partial charge on any atom is -0.384 e. The van der Waals surface area contributed by atoms with Gasteiger partial charge in [-0.2, -0.15) is 11.8 Å². The Morgan fingerprint density at radius 3 is 2.53 bits per heavy atom. The van der Waals surface area contributed by atoms with Crippen LogP contribution in [0, 0.1) is 0 Å². The second-order valence-corrected chi connectivity index (χ2v) is 7.70. The van der Waals surface area contributed by atoms with Gasteiger partial charge in [-0.05, 0) is 12.8 Å². The first-order chi connectivity index (χ1) is 8.95. The molecule has 0 aliphatic heterocycles. The first kappa shape index (κ1) is 14.6. The molecule has 3 nitrogen and oxygen atoms in total. The van der Waals surface area contributed by atoms with E-state index in [1.54, 1.807) is 0 Å². The quantitative estimate of drug-likeness (QED) is 0.911. The molecule has 0 radical (unpaired) electrons. The fourth-order valence-corrected chi connectivity index (χ4v) is 3.57. The zero-order chi connectivity index (χ0) is 13.9. The maximum atomic E-state index is 5.90. The second-order valence-electron chi connectivity index (χ2n) is 6.42. The van der Waals surface area contributed by atoms with Gasteiger partial charge in [0.2, 0.25) is 0 Å². The van der Waals surface area contributed by atoms with Gasteiger partial charge in [-0.15, -0.1) is 0 Å². The molecule has 1 aliphatic carbocycles. The van der Waals surface area contributed by atoms with Crippen molar-refractivity contribution in [1.82, 2.24) is 9.97 Å². The molecule has 0 saturated heterocycles. The number of nitrogen functional groups attached to an aromatic ring is 1. The fraction of sp³-hybridized carbons (Fsp3) is 0.733. The Balaban J connectivity index is 2.01. The highest BCUT2D eigenvalue weighted by molar-refractivity contribution is 7.99.